The van der Waals surface area contributed by atoms with Gasteiger partial charge in [-0.05, 0) is 48.5 Å². The molecule has 0 atom stereocenters. The monoisotopic (exact) mass is 682 g/mol. The minimum absolute atomic E-state index is 0. The van der Waals surface area contributed by atoms with Gasteiger partial charge in [-0.2, -0.15) is 5.10 Å². The van der Waals surface area contributed by atoms with Crippen LogP contribution < -0.4 is 45.1 Å². The molecule has 3 aromatic heterocycles. The Morgan fingerprint density at radius 1 is 1.02 bits per heavy atom. The number of amides is 2. The summed E-state index contributed by atoms with van der Waals surface area (Å²) in [4.78, 5) is 16.8. The predicted molar refractivity (Wildman–Crippen MR) is 160 cm³/mol. The van der Waals surface area contributed by atoms with E-state index >= 15 is 0 Å². The normalized spacial score (nSPS) is 11.7. The summed E-state index contributed by atoms with van der Waals surface area (Å²) >= 11 is 0. The molecule has 2 aromatic carbocycles. The highest BCUT2D eigenvalue weighted by atomic mass is 127. The Morgan fingerprint density at radius 2 is 1.71 bits per heavy atom. The first kappa shape index (κ1) is 30.8. The molecular weight excluding hydrogens is 647 g/mol. The van der Waals surface area contributed by atoms with Gasteiger partial charge in [0, 0.05) is 22.7 Å². The number of rotatable bonds is 7. The fraction of sp³-hybridized carbons (Fsp3) is 0.267. The minimum atomic E-state index is -0.427. The maximum atomic E-state index is 12.5. The summed E-state index contributed by atoms with van der Waals surface area (Å²) in [6.07, 6.45) is 3.37. The van der Waals surface area contributed by atoms with Gasteiger partial charge in [-0.1, -0.05) is 25.9 Å². The Kier molecular flexibility index (Phi) is 8.78. The van der Waals surface area contributed by atoms with Crippen molar-refractivity contribution in [1.82, 2.24) is 19.9 Å². The molecule has 0 aliphatic carbocycles. The van der Waals surface area contributed by atoms with Crippen molar-refractivity contribution < 1.29 is 42.5 Å². The molecule has 5 rings (SSSR count). The molecule has 11 nitrogen and oxygen atoms in total. The molecule has 0 aliphatic rings. The number of fused-ring (bicyclic) bond motifs is 1. The second kappa shape index (κ2) is 12.0. The molecule has 0 saturated heterocycles. The largest absolute Gasteiger partial charge is 1.00 e. The number of quaternary nitrogens is 1. The summed E-state index contributed by atoms with van der Waals surface area (Å²) in [5.74, 6) is 1.81. The number of hydrogen-bond acceptors (Lipinski definition) is 7. The third-order valence-electron chi connectivity index (χ3n) is 6.23. The summed E-state index contributed by atoms with van der Waals surface area (Å²) in [5.41, 5.74) is 10.5. The minimum Gasteiger partial charge on any atom is -1.00 e. The molecule has 5 aromatic rings. The van der Waals surface area contributed by atoms with E-state index in [2.05, 4.69) is 41.9 Å². The van der Waals surface area contributed by atoms with E-state index in [0.29, 0.717) is 34.2 Å². The second-order valence-electron chi connectivity index (χ2n) is 11.9. The molecule has 0 aliphatic heterocycles. The van der Waals surface area contributed by atoms with Crippen LogP contribution in [-0.2, 0) is 5.41 Å². The number of pyridine rings is 1. The van der Waals surface area contributed by atoms with Gasteiger partial charge in [0.25, 0.3) is 0 Å². The lowest BCUT2D eigenvalue weighted by atomic mass is 9.93. The fourth-order valence-corrected chi connectivity index (χ4v) is 4.12. The molecule has 3 heterocycles. The second-order valence-corrected chi connectivity index (χ2v) is 11.9. The number of nitrogens with zero attached hydrogens (tertiary/aromatic N) is 5. The van der Waals surface area contributed by atoms with Crippen LogP contribution in [0.15, 0.2) is 71.5 Å². The smallest absolute Gasteiger partial charge is 0.324 e. The van der Waals surface area contributed by atoms with Gasteiger partial charge in [-0.3, -0.25) is 14.8 Å². The van der Waals surface area contributed by atoms with Gasteiger partial charge >= 0.3 is 6.03 Å². The van der Waals surface area contributed by atoms with Gasteiger partial charge in [0.2, 0.25) is 6.73 Å². The number of carbonyl (C=O) groups is 1. The van der Waals surface area contributed by atoms with Crippen molar-refractivity contribution in [2.24, 2.45) is 0 Å². The maximum absolute atomic E-state index is 12.5. The van der Waals surface area contributed by atoms with Crippen LogP contribution in [-0.4, -0.2) is 58.3 Å². The Balaban J connectivity index is 0.00000405. The molecule has 0 saturated carbocycles. The van der Waals surface area contributed by atoms with E-state index < -0.39 is 6.03 Å². The highest BCUT2D eigenvalue weighted by Gasteiger charge is 2.21. The number of halogens is 1. The molecule has 0 spiro atoms. The van der Waals surface area contributed by atoms with Gasteiger partial charge in [0.15, 0.2) is 5.82 Å². The number of aromatic nitrogens is 4. The van der Waals surface area contributed by atoms with Gasteiger partial charge in [0.1, 0.15) is 17.2 Å². The molecule has 0 radical (unpaired) electrons. The first-order valence-electron chi connectivity index (χ1n) is 13.2. The lowest BCUT2D eigenvalue weighted by Gasteiger charge is -2.23. The first-order chi connectivity index (χ1) is 19.4. The molecule has 0 bridgehead atoms. The summed E-state index contributed by atoms with van der Waals surface area (Å²) in [6.45, 7) is 6.58. The van der Waals surface area contributed by atoms with E-state index in [1.54, 1.807) is 35.3 Å². The standard InChI is InChI=1S/C30H34N8O3.HI/c1-30(2,3)25-15-26(36-41-25)34-29(39)33-20-9-11-21(12-10-20)37-24-17-32-16-23(31)27(24)28(35-37)19-7-13-22(14-8-19)40-18-38(4,5)6;/h7-17H,18H2,1-6H3,(H3-,31,33,34,35,36,39);1H. The van der Waals surface area contributed by atoms with Crippen molar-refractivity contribution in [3.63, 3.8) is 0 Å². The van der Waals surface area contributed by atoms with E-state index in [-0.39, 0.29) is 29.4 Å². The van der Waals surface area contributed by atoms with Crippen molar-refractivity contribution in [1.29, 1.82) is 0 Å². The third kappa shape index (κ3) is 6.99. The molecule has 0 unspecified atom stereocenters. The zero-order valence-electron chi connectivity index (χ0n) is 24.5. The molecule has 220 valence electrons. The first-order valence-corrected chi connectivity index (χ1v) is 13.2. The van der Waals surface area contributed by atoms with Gasteiger partial charge in [-0.15, -0.1) is 0 Å². The number of ether oxygens (including phenoxy) is 1. The molecule has 4 N–H and O–H groups in total. The van der Waals surface area contributed by atoms with Crippen LogP contribution in [0.2, 0.25) is 0 Å². The topological polar surface area (TPSA) is 133 Å². The number of nitrogen functional groups attached to an aromatic ring is 1. The number of nitrogens with one attached hydrogen (secondary N) is 2. The Labute approximate surface area is 261 Å². The van der Waals surface area contributed by atoms with E-state index in [9.17, 15) is 4.79 Å². The van der Waals surface area contributed by atoms with E-state index in [1.165, 1.54) is 0 Å². The Morgan fingerprint density at radius 3 is 2.33 bits per heavy atom. The van der Waals surface area contributed by atoms with Crippen molar-refractivity contribution in [2.75, 3.05) is 44.2 Å². The zero-order chi connectivity index (χ0) is 29.4. The van der Waals surface area contributed by atoms with Crippen molar-refractivity contribution in [2.45, 2.75) is 26.2 Å². The SMILES string of the molecule is CC(C)(C)c1cc(NC(=O)Nc2ccc(-n3nc(-c4ccc(OC[N+](C)(C)C)cc4)c4c(N)cncc43)cc2)no1.[I-]. The summed E-state index contributed by atoms with van der Waals surface area (Å²) in [6, 6.07) is 16.4. The third-order valence-corrected chi connectivity index (χ3v) is 6.23. The van der Waals surface area contributed by atoms with Gasteiger partial charge < -0.3 is 44.3 Å². The van der Waals surface area contributed by atoms with Crippen molar-refractivity contribution in [3.8, 4) is 22.7 Å². The lowest BCUT2D eigenvalue weighted by molar-refractivity contribution is -0.886. The molecular formula is C30H35IN8O3. The highest BCUT2D eigenvalue weighted by Crippen LogP contribution is 2.34. The number of nitrogens with two attached hydrogens (primary N) is 1. The lowest BCUT2D eigenvalue weighted by Crippen LogP contribution is -3.00. The van der Waals surface area contributed by atoms with Gasteiger partial charge in [-0.25, -0.2) is 9.48 Å². The van der Waals surface area contributed by atoms with Crippen LogP contribution >= 0.6 is 0 Å². The van der Waals surface area contributed by atoms with Crippen LogP contribution in [0.5, 0.6) is 5.75 Å². The van der Waals surface area contributed by atoms with E-state index in [1.807, 2.05) is 57.2 Å². The Bertz CT molecular complexity index is 1680. The highest BCUT2D eigenvalue weighted by molar-refractivity contribution is 6.02. The van der Waals surface area contributed by atoms with Crippen molar-refractivity contribution in [3.05, 3.63) is 72.8 Å². The zero-order valence-corrected chi connectivity index (χ0v) is 26.6. The predicted octanol–water partition coefficient (Wildman–Crippen LogP) is 2.65. The fourth-order valence-electron chi connectivity index (χ4n) is 4.12. The summed E-state index contributed by atoms with van der Waals surface area (Å²) in [5, 5.41) is 15.1. The van der Waals surface area contributed by atoms with Crippen LogP contribution in [0, 0.1) is 0 Å². The average molecular weight is 683 g/mol. The van der Waals surface area contributed by atoms with E-state index in [4.69, 9.17) is 20.1 Å². The number of anilines is 3. The molecule has 0 fully saturated rings. The molecule has 2 amide bonds. The average Bonchev–Trinajstić information content (AvgIpc) is 3.54. The summed E-state index contributed by atoms with van der Waals surface area (Å²) in [7, 11) is 6.22. The van der Waals surface area contributed by atoms with Gasteiger partial charge in [0.05, 0.1) is 55.8 Å². The van der Waals surface area contributed by atoms with Crippen LogP contribution in [0.1, 0.15) is 26.5 Å². The number of urea groups is 1. The van der Waals surface area contributed by atoms with Crippen molar-refractivity contribution >= 4 is 34.1 Å². The van der Waals surface area contributed by atoms with Crippen LogP contribution in [0.25, 0.3) is 27.8 Å². The number of carbonyl (C=O) groups excluding carboxylic acids is 1. The summed E-state index contributed by atoms with van der Waals surface area (Å²) < 4.78 is 13.7. The van der Waals surface area contributed by atoms with E-state index in [0.717, 1.165) is 33.6 Å². The Hall–Kier alpha value is -4.17. The van der Waals surface area contributed by atoms with Crippen LogP contribution in [0.3, 0.4) is 0 Å². The number of hydrogen-bond donors (Lipinski definition) is 3. The molecule has 42 heavy (non-hydrogen) atoms. The molecule has 12 heteroatoms. The van der Waals surface area contributed by atoms with Crippen LogP contribution in [0.4, 0.5) is 22.0 Å². The number of benzene rings is 2. The quantitative estimate of drug-likeness (QED) is 0.137. The maximum Gasteiger partial charge on any atom is 0.324 e.